The van der Waals surface area contributed by atoms with Gasteiger partial charge in [-0.15, -0.1) is 0 Å². The van der Waals surface area contributed by atoms with Gasteiger partial charge in [-0.25, -0.2) is 0 Å². The van der Waals surface area contributed by atoms with Crippen LogP contribution in [0.15, 0.2) is 54.6 Å². The summed E-state index contributed by atoms with van der Waals surface area (Å²) < 4.78 is 0. The molecule has 2 saturated heterocycles. The summed E-state index contributed by atoms with van der Waals surface area (Å²) in [6.45, 7) is 4.68. The van der Waals surface area contributed by atoms with Crippen molar-refractivity contribution in [2.75, 3.05) is 37.6 Å². The number of amides is 3. The molecule has 0 radical (unpaired) electrons. The molecule has 2 aliphatic heterocycles. The molecule has 0 aromatic heterocycles. The molecule has 1 saturated carbocycles. The maximum absolute atomic E-state index is 13.1. The van der Waals surface area contributed by atoms with Crippen LogP contribution in [0.4, 0.5) is 5.69 Å². The Morgan fingerprint density at radius 1 is 0.844 bits per heavy atom. The third kappa shape index (κ3) is 4.01. The number of piperazine rings is 1. The fourth-order valence-electron chi connectivity index (χ4n) is 5.02. The summed E-state index contributed by atoms with van der Waals surface area (Å²) in [5, 5.41) is 0. The van der Waals surface area contributed by atoms with Gasteiger partial charge in [-0.05, 0) is 37.0 Å². The fraction of sp³-hybridized carbons (Fsp3) is 0.423. The van der Waals surface area contributed by atoms with Gasteiger partial charge in [-0.1, -0.05) is 48.0 Å². The van der Waals surface area contributed by atoms with E-state index in [1.807, 2.05) is 59.2 Å². The third-order valence-corrected chi connectivity index (χ3v) is 7.06. The van der Waals surface area contributed by atoms with E-state index in [1.165, 1.54) is 5.56 Å². The molecule has 3 atom stereocenters. The zero-order chi connectivity index (χ0) is 22.2. The molecule has 6 heteroatoms. The van der Waals surface area contributed by atoms with Crippen molar-refractivity contribution in [1.29, 1.82) is 0 Å². The monoisotopic (exact) mass is 431 g/mol. The van der Waals surface area contributed by atoms with Crippen LogP contribution in [0, 0.1) is 18.8 Å². The van der Waals surface area contributed by atoms with Gasteiger partial charge in [-0.2, -0.15) is 0 Å². The predicted molar refractivity (Wildman–Crippen MR) is 122 cm³/mol. The van der Waals surface area contributed by atoms with Crippen molar-refractivity contribution in [3.8, 4) is 0 Å². The number of anilines is 1. The zero-order valence-corrected chi connectivity index (χ0v) is 18.4. The first-order chi connectivity index (χ1) is 15.5. The van der Waals surface area contributed by atoms with Crippen molar-refractivity contribution in [1.82, 2.24) is 9.80 Å². The van der Waals surface area contributed by atoms with Crippen molar-refractivity contribution < 1.29 is 14.4 Å². The van der Waals surface area contributed by atoms with Crippen molar-refractivity contribution in [3.05, 3.63) is 65.7 Å². The average Bonchev–Trinajstić information content (AvgIpc) is 3.54. The number of hydrogen-bond donors (Lipinski definition) is 0. The van der Waals surface area contributed by atoms with E-state index in [9.17, 15) is 14.4 Å². The molecule has 3 amide bonds. The molecule has 0 bridgehead atoms. The molecular weight excluding hydrogens is 402 g/mol. The molecule has 0 N–H and O–H groups in total. The van der Waals surface area contributed by atoms with Crippen LogP contribution in [-0.4, -0.2) is 60.2 Å². The predicted octanol–water partition coefficient (Wildman–Crippen LogP) is 2.82. The standard InChI is InChI=1S/C26H29N3O3/c1-18-7-9-21(10-8-18)29-17-20(15-24(29)30)25(31)27-11-13-28(14-12-27)26(32)23-16-22(23)19-5-3-2-4-6-19/h2-10,20,22-23H,11-17H2,1H3. The molecule has 6 nitrogen and oxygen atoms in total. The zero-order valence-electron chi connectivity index (χ0n) is 18.4. The molecule has 32 heavy (non-hydrogen) atoms. The minimum Gasteiger partial charge on any atom is -0.339 e. The van der Waals surface area contributed by atoms with Crippen LogP contribution in [0.5, 0.6) is 0 Å². The topological polar surface area (TPSA) is 60.9 Å². The summed E-state index contributed by atoms with van der Waals surface area (Å²) in [6.07, 6.45) is 1.17. The molecule has 3 fully saturated rings. The highest BCUT2D eigenvalue weighted by Gasteiger charge is 2.46. The maximum atomic E-state index is 13.1. The molecule has 5 rings (SSSR count). The Hall–Kier alpha value is -3.15. The van der Waals surface area contributed by atoms with Gasteiger partial charge < -0.3 is 14.7 Å². The fourth-order valence-corrected chi connectivity index (χ4v) is 5.02. The van der Waals surface area contributed by atoms with Crippen molar-refractivity contribution in [3.63, 3.8) is 0 Å². The Morgan fingerprint density at radius 2 is 1.47 bits per heavy atom. The second-order valence-corrected chi connectivity index (χ2v) is 9.25. The summed E-state index contributed by atoms with van der Waals surface area (Å²) in [5.74, 6) is 0.357. The number of benzene rings is 2. The van der Waals surface area contributed by atoms with Crippen LogP contribution < -0.4 is 4.90 Å². The second-order valence-electron chi connectivity index (χ2n) is 9.25. The van der Waals surface area contributed by atoms with Gasteiger partial charge in [0.1, 0.15) is 0 Å². The molecule has 2 heterocycles. The quantitative estimate of drug-likeness (QED) is 0.748. The number of carbonyl (C=O) groups excluding carboxylic acids is 3. The largest absolute Gasteiger partial charge is 0.339 e. The van der Waals surface area contributed by atoms with Gasteiger partial charge >= 0.3 is 0 Å². The lowest BCUT2D eigenvalue weighted by atomic mass is 10.1. The van der Waals surface area contributed by atoms with Crippen LogP contribution in [0.1, 0.15) is 29.9 Å². The SMILES string of the molecule is Cc1ccc(N2CC(C(=O)N3CCN(C(=O)C4CC4c4ccccc4)CC3)CC2=O)cc1. The molecule has 3 unspecified atom stereocenters. The van der Waals surface area contributed by atoms with Gasteiger partial charge in [0, 0.05) is 50.7 Å². The summed E-state index contributed by atoms with van der Waals surface area (Å²) in [4.78, 5) is 44.0. The molecule has 0 spiro atoms. The van der Waals surface area contributed by atoms with E-state index in [-0.39, 0.29) is 36.0 Å². The second kappa shape index (κ2) is 8.41. The maximum Gasteiger partial charge on any atom is 0.228 e. The Bertz CT molecular complexity index is 1010. The molecule has 166 valence electrons. The van der Waals surface area contributed by atoms with Crippen LogP contribution >= 0.6 is 0 Å². The molecule has 2 aromatic carbocycles. The molecular formula is C26H29N3O3. The van der Waals surface area contributed by atoms with E-state index < -0.39 is 0 Å². The number of aryl methyl sites for hydroxylation is 1. The normalized spacial score (nSPS) is 25.2. The van der Waals surface area contributed by atoms with Crippen LogP contribution in [0.3, 0.4) is 0 Å². The third-order valence-electron chi connectivity index (χ3n) is 7.06. The van der Waals surface area contributed by atoms with Crippen LogP contribution in [-0.2, 0) is 14.4 Å². The Morgan fingerprint density at radius 3 is 2.12 bits per heavy atom. The smallest absolute Gasteiger partial charge is 0.228 e. The van der Waals surface area contributed by atoms with Gasteiger partial charge in [0.25, 0.3) is 0 Å². The number of rotatable bonds is 4. The molecule has 1 aliphatic carbocycles. The van der Waals surface area contributed by atoms with E-state index in [0.717, 1.165) is 17.7 Å². The van der Waals surface area contributed by atoms with Gasteiger partial charge in [0.05, 0.1) is 5.92 Å². The average molecular weight is 432 g/mol. The summed E-state index contributed by atoms with van der Waals surface area (Å²) in [5.41, 5.74) is 3.23. The summed E-state index contributed by atoms with van der Waals surface area (Å²) in [6, 6.07) is 18.1. The van der Waals surface area contributed by atoms with Crippen LogP contribution in [0.2, 0.25) is 0 Å². The van der Waals surface area contributed by atoms with E-state index in [4.69, 9.17) is 0 Å². The van der Waals surface area contributed by atoms with E-state index >= 15 is 0 Å². The van der Waals surface area contributed by atoms with Gasteiger partial charge in [0.2, 0.25) is 17.7 Å². The van der Waals surface area contributed by atoms with Crippen molar-refractivity contribution in [2.24, 2.45) is 11.8 Å². The summed E-state index contributed by atoms with van der Waals surface area (Å²) >= 11 is 0. The van der Waals surface area contributed by atoms with Gasteiger partial charge in [-0.3, -0.25) is 14.4 Å². The van der Waals surface area contributed by atoms with E-state index in [0.29, 0.717) is 38.6 Å². The Balaban J connectivity index is 1.14. The first-order valence-corrected chi connectivity index (χ1v) is 11.5. The van der Waals surface area contributed by atoms with Gasteiger partial charge in [0.15, 0.2) is 0 Å². The van der Waals surface area contributed by atoms with E-state index in [1.54, 1.807) is 4.90 Å². The van der Waals surface area contributed by atoms with Crippen LogP contribution in [0.25, 0.3) is 0 Å². The highest BCUT2D eigenvalue weighted by atomic mass is 16.2. The molecule has 2 aromatic rings. The van der Waals surface area contributed by atoms with Crippen molar-refractivity contribution >= 4 is 23.4 Å². The minimum atomic E-state index is -0.308. The summed E-state index contributed by atoms with van der Waals surface area (Å²) in [7, 11) is 0. The molecule has 3 aliphatic rings. The number of nitrogens with zero attached hydrogens (tertiary/aromatic N) is 3. The van der Waals surface area contributed by atoms with Crippen molar-refractivity contribution in [2.45, 2.75) is 25.7 Å². The first kappa shape index (κ1) is 20.7. The Labute approximate surface area is 188 Å². The number of carbonyl (C=O) groups is 3. The first-order valence-electron chi connectivity index (χ1n) is 11.5. The highest BCUT2D eigenvalue weighted by molar-refractivity contribution is 6.00. The lowest BCUT2D eigenvalue weighted by Crippen LogP contribution is -2.52. The Kier molecular flexibility index (Phi) is 5.45. The minimum absolute atomic E-state index is 0.00158. The lowest BCUT2D eigenvalue weighted by Gasteiger charge is -2.36. The highest BCUT2D eigenvalue weighted by Crippen LogP contribution is 2.48. The van der Waals surface area contributed by atoms with E-state index in [2.05, 4.69) is 12.1 Å². The number of hydrogen-bond acceptors (Lipinski definition) is 3. The lowest BCUT2D eigenvalue weighted by molar-refractivity contribution is -0.142.